The van der Waals surface area contributed by atoms with Crippen LogP contribution in [0.5, 0.6) is 17.2 Å². The molecule has 1 aliphatic heterocycles. The highest BCUT2D eigenvalue weighted by atomic mass is 16.5. The van der Waals surface area contributed by atoms with Gasteiger partial charge in [0, 0.05) is 17.7 Å². The molecule has 1 fully saturated rings. The van der Waals surface area contributed by atoms with Gasteiger partial charge in [-0.3, -0.25) is 4.79 Å². The molecule has 1 unspecified atom stereocenters. The van der Waals surface area contributed by atoms with E-state index in [2.05, 4.69) is 10.1 Å². The normalized spacial score (nSPS) is 15.4. The van der Waals surface area contributed by atoms with Crippen LogP contribution in [0.3, 0.4) is 0 Å². The number of likely N-dealkylation sites (tertiary alicyclic amines) is 1. The Morgan fingerprint density at radius 1 is 1.03 bits per heavy atom. The number of hydrogen-bond acceptors (Lipinski definition) is 7. The Morgan fingerprint density at radius 2 is 1.68 bits per heavy atom. The number of carbonyl (C=O) groups is 1. The lowest BCUT2D eigenvalue weighted by molar-refractivity contribution is 0.0709. The minimum Gasteiger partial charge on any atom is -0.490 e. The van der Waals surface area contributed by atoms with Crippen molar-refractivity contribution in [2.75, 3.05) is 26.4 Å². The third-order valence-electron chi connectivity index (χ3n) is 5.71. The molecule has 1 aromatic heterocycles. The zero-order chi connectivity index (χ0) is 24.1. The minimum absolute atomic E-state index is 0.137. The lowest BCUT2D eigenvalue weighted by Crippen LogP contribution is -2.30. The van der Waals surface area contributed by atoms with Crippen LogP contribution in [0.25, 0.3) is 11.4 Å². The summed E-state index contributed by atoms with van der Waals surface area (Å²) in [4.78, 5) is 20.0. The molecular weight excluding hydrogens is 434 g/mol. The largest absolute Gasteiger partial charge is 0.490 e. The predicted molar refractivity (Wildman–Crippen MR) is 127 cm³/mol. The van der Waals surface area contributed by atoms with Crippen molar-refractivity contribution in [1.82, 2.24) is 15.0 Å². The molecule has 0 N–H and O–H groups in total. The minimum atomic E-state index is -0.281. The highest BCUT2D eigenvalue weighted by Crippen LogP contribution is 2.41. The molecule has 0 radical (unpaired) electrons. The molecule has 8 nitrogen and oxygen atoms in total. The first-order chi connectivity index (χ1) is 16.5. The number of ether oxygens (including phenoxy) is 3. The van der Waals surface area contributed by atoms with Crippen molar-refractivity contribution in [3.8, 4) is 28.6 Å². The zero-order valence-corrected chi connectivity index (χ0v) is 20.2. The van der Waals surface area contributed by atoms with E-state index in [0.717, 1.165) is 24.0 Å². The summed E-state index contributed by atoms with van der Waals surface area (Å²) >= 11 is 0. The Kier molecular flexibility index (Phi) is 7.35. The predicted octanol–water partition coefficient (Wildman–Crippen LogP) is 5.22. The fraction of sp³-hybridized carbons (Fsp3) is 0.423. The fourth-order valence-corrected chi connectivity index (χ4v) is 4.13. The van der Waals surface area contributed by atoms with Gasteiger partial charge < -0.3 is 23.6 Å². The van der Waals surface area contributed by atoms with E-state index >= 15 is 0 Å². The topological polar surface area (TPSA) is 86.9 Å². The number of benzene rings is 2. The molecule has 2 aromatic carbocycles. The molecule has 180 valence electrons. The first kappa shape index (κ1) is 23.6. The van der Waals surface area contributed by atoms with Crippen molar-refractivity contribution in [3.05, 3.63) is 53.4 Å². The van der Waals surface area contributed by atoms with Crippen LogP contribution in [0.1, 0.15) is 61.5 Å². The summed E-state index contributed by atoms with van der Waals surface area (Å²) in [7, 11) is 0. The van der Waals surface area contributed by atoms with E-state index in [-0.39, 0.29) is 11.9 Å². The molecule has 4 rings (SSSR count). The maximum Gasteiger partial charge on any atom is 0.254 e. The summed E-state index contributed by atoms with van der Waals surface area (Å²) < 4.78 is 22.9. The first-order valence-electron chi connectivity index (χ1n) is 11.8. The fourth-order valence-electron chi connectivity index (χ4n) is 4.13. The van der Waals surface area contributed by atoms with E-state index in [9.17, 15) is 4.79 Å². The van der Waals surface area contributed by atoms with Crippen LogP contribution < -0.4 is 14.2 Å². The van der Waals surface area contributed by atoms with Gasteiger partial charge in [-0.05, 0) is 52.7 Å². The van der Waals surface area contributed by atoms with E-state index in [4.69, 9.17) is 18.7 Å². The summed E-state index contributed by atoms with van der Waals surface area (Å²) in [6.45, 7) is 9.66. The second kappa shape index (κ2) is 10.6. The summed E-state index contributed by atoms with van der Waals surface area (Å²) in [6, 6.07) is 11.1. The quantitative estimate of drug-likeness (QED) is 0.428. The van der Waals surface area contributed by atoms with E-state index < -0.39 is 0 Å². The maximum atomic E-state index is 13.6. The number of rotatable bonds is 9. The molecule has 8 heteroatoms. The Labute approximate surface area is 199 Å². The van der Waals surface area contributed by atoms with Gasteiger partial charge in [0.2, 0.25) is 17.5 Å². The highest BCUT2D eigenvalue weighted by molar-refractivity contribution is 5.96. The summed E-state index contributed by atoms with van der Waals surface area (Å²) in [5, 5.41) is 4.16. The van der Waals surface area contributed by atoms with Gasteiger partial charge >= 0.3 is 0 Å². The standard InChI is InChI=1S/C26H31N3O5/c1-5-31-21-15-19(16-22(32-6-2)23(21)33-7-3)26(30)29-14-8-9-20(29)25-27-24(28-34-25)18-12-10-17(4)11-13-18/h10-13,15-16,20H,5-9,14H2,1-4H3. The number of hydrogen-bond donors (Lipinski definition) is 0. The van der Waals surface area contributed by atoms with Gasteiger partial charge in [0.15, 0.2) is 11.5 Å². The van der Waals surface area contributed by atoms with Gasteiger partial charge in [-0.25, -0.2) is 0 Å². The third-order valence-corrected chi connectivity index (χ3v) is 5.71. The van der Waals surface area contributed by atoms with Crippen molar-refractivity contribution in [1.29, 1.82) is 0 Å². The zero-order valence-electron chi connectivity index (χ0n) is 20.2. The third kappa shape index (κ3) is 4.85. The van der Waals surface area contributed by atoms with Gasteiger partial charge in [-0.2, -0.15) is 4.98 Å². The molecule has 1 aliphatic rings. The van der Waals surface area contributed by atoms with Crippen LogP contribution in [0.2, 0.25) is 0 Å². The molecule has 0 saturated carbocycles. The first-order valence-corrected chi connectivity index (χ1v) is 11.8. The van der Waals surface area contributed by atoms with Crippen LogP contribution in [0.15, 0.2) is 40.9 Å². The summed E-state index contributed by atoms with van der Waals surface area (Å²) in [5.41, 5.74) is 2.51. The number of nitrogens with zero attached hydrogens (tertiary/aromatic N) is 3. The van der Waals surface area contributed by atoms with Crippen molar-refractivity contribution in [2.45, 2.75) is 46.6 Å². The van der Waals surface area contributed by atoms with Crippen LogP contribution in [0.4, 0.5) is 0 Å². The van der Waals surface area contributed by atoms with Gasteiger partial charge in [0.05, 0.1) is 19.8 Å². The average molecular weight is 466 g/mol. The van der Waals surface area contributed by atoms with E-state index in [1.807, 2.05) is 52.0 Å². The van der Waals surface area contributed by atoms with E-state index in [1.54, 1.807) is 17.0 Å². The monoisotopic (exact) mass is 465 g/mol. The molecule has 1 atom stereocenters. The van der Waals surface area contributed by atoms with Crippen molar-refractivity contribution >= 4 is 5.91 Å². The van der Waals surface area contributed by atoms with Crippen LogP contribution in [-0.4, -0.2) is 47.3 Å². The summed E-state index contributed by atoms with van der Waals surface area (Å²) in [6.07, 6.45) is 1.61. The number of amides is 1. The number of aromatic nitrogens is 2. The Balaban J connectivity index is 1.63. The molecule has 1 saturated heterocycles. The smallest absolute Gasteiger partial charge is 0.254 e. The van der Waals surface area contributed by atoms with E-state index in [1.165, 1.54) is 0 Å². The molecule has 1 amide bonds. The maximum absolute atomic E-state index is 13.6. The van der Waals surface area contributed by atoms with Crippen molar-refractivity contribution in [3.63, 3.8) is 0 Å². The van der Waals surface area contributed by atoms with Crippen LogP contribution in [-0.2, 0) is 0 Å². The van der Waals surface area contributed by atoms with Gasteiger partial charge in [-0.15, -0.1) is 0 Å². The van der Waals surface area contributed by atoms with E-state index in [0.29, 0.717) is 60.9 Å². The molecular formula is C26H31N3O5. The molecule has 0 spiro atoms. The number of aryl methyl sites for hydroxylation is 1. The second-order valence-electron chi connectivity index (χ2n) is 8.08. The highest BCUT2D eigenvalue weighted by Gasteiger charge is 2.35. The molecule has 0 aliphatic carbocycles. The lowest BCUT2D eigenvalue weighted by Gasteiger charge is -2.23. The van der Waals surface area contributed by atoms with Gasteiger partial charge in [0.25, 0.3) is 5.91 Å². The Hall–Kier alpha value is -3.55. The van der Waals surface area contributed by atoms with Gasteiger partial charge in [0.1, 0.15) is 6.04 Å². The SMILES string of the molecule is CCOc1cc(C(=O)N2CCCC2c2nc(-c3ccc(C)cc3)no2)cc(OCC)c1OCC. The number of carbonyl (C=O) groups excluding carboxylic acids is 1. The second-order valence-corrected chi connectivity index (χ2v) is 8.08. The molecule has 34 heavy (non-hydrogen) atoms. The lowest BCUT2D eigenvalue weighted by atomic mass is 10.1. The Bertz CT molecular complexity index is 1100. The van der Waals surface area contributed by atoms with Crippen molar-refractivity contribution in [2.24, 2.45) is 0 Å². The average Bonchev–Trinajstić information content (AvgIpc) is 3.51. The Morgan fingerprint density at radius 3 is 2.29 bits per heavy atom. The molecule has 0 bridgehead atoms. The molecule has 2 heterocycles. The molecule has 3 aromatic rings. The van der Waals surface area contributed by atoms with Crippen molar-refractivity contribution < 1.29 is 23.5 Å². The van der Waals surface area contributed by atoms with Crippen LogP contribution in [0, 0.1) is 6.92 Å². The van der Waals surface area contributed by atoms with Gasteiger partial charge in [-0.1, -0.05) is 35.0 Å². The summed E-state index contributed by atoms with van der Waals surface area (Å²) in [5.74, 6) is 2.33. The van der Waals surface area contributed by atoms with Crippen LogP contribution >= 0.6 is 0 Å².